The summed E-state index contributed by atoms with van der Waals surface area (Å²) in [6.45, 7) is 0. The molecule has 0 saturated carbocycles. The van der Waals surface area contributed by atoms with Gasteiger partial charge in [0, 0.05) is 5.56 Å². The van der Waals surface area contributed by atoms with E-state index in [4.69, 9.17) is 5.11 Å². The molecule has 0 saturated heterocycles. The molecule has 1 aromatic rings. The molecule has 0 spiro atoms. The Morgan fingerprint density at radius 2 is 1.87 bits per heavy atom. The monoisotopic (exact) mass is 220 g/mol. The van der Waals surface area contributed by atoms with Crippen molar-refractivity contribution in [1.29, 1.82) is 0 Å². The van der Waals surface area contributed by atoms with Crippen molar-refractivity contribution < 1.29 is 28.2 Å². The average molecular weight is 220 g/mol. The molecule has 15 heavy (non-hydrogen) atoms. The van der Waals surface area contributed by atoms with Gasteiger partial charge in [-0.3, -0.25) is 4.79 Å². The van der Waals surface area contributed by atoms with E-state index in [9.17, 15) is 23.1 Å². The van der Waals surface area contributed by atoms with Gasteiger partial charge in [-0.05, 0) is 6.07 Å². The first kappa shape index (κ1) is 11.5. The van der Waals surface area contributed by atoms with Crippen molar-refractivity contribution in [1.82, 2.24) is 0 Å². The third-order valence-corrected chi connectivity index (χ3v) is 1.79. The van der Waals surface area contributed by atoms with E-state index in [1.807, 2.05) is 0 Å². The Morgan fingerprint density at radius 1 is 1.27 bits per heavy atom. The van der Waals surface area contributed by atoms with Gasteiger partial charge < -0.3 is 10.2 Å². The third-order valence-electron chi connectivity index (χ3n) is 1.79. The minimum absolute atomic E-state index is 0.573. The highest BCUT2D eigenvalue weighted by Gasteiger charge is 2.20. The highest BCUT2D eigenvalue weighted by Crippen LogP contribution is 2.23. The second-order valence-corrected chi connectivity index (χ2v) is 2.88. The maximum Gasteiger partial charge on any atom is 0.306 e. The Hall–Kier alpha value is -1.56. The molecule has 0 aromatic heterocycles. The Balaban J connectivity index is 3.05. The average Bonchev–Trinajstić information content (AvgIpc) is 2.13. The van der Waals surface area contributed by atoms with Crippen LogP contribution in [0.15, 0.2) is 12.1 Å². The summed E-state index contributed by atoms with van der Waals surface area (Å²) in [6, 6.07) is 1.43. The molecule has 0 bridgehead atoms. The number of rotatable bonds is 3. The molecule has 0 amide bonds. The summed E-state index contributed by atoms with van der Waals surface area (Å²) in [5.74, 6) is -6.05. The van der Waals surface area contributed by atoms with E-state index in [1.54, 1.807) is 0 Å². The Labute approximate surface area is 82.8 Å². The van der Waals surface area contributed by atoms with Gasteiger partial charge in [0.05, 0.1) is 12.5 Å². The number of carbonyl (C=O) groups is 1. The number of benzene rings is 1. The quantitative estimate of drug-likeness (QED) is 0.761. The summed E-state index contributed by atoms with van der Waals surface area (Å²) in [4.78, 5) is 10.2. The van der Waals surface area contributed by atoms with Crippen LogP contribution in [-0.4, -0.2) is 16.2 Å². The zero-order chi connectivity index (χ0) is 11.6. The van der Waals surface area contributed by atoms with E-state index >= 15 is 0 Å². The third kappa shape index (κ3) is 2.47. The maximum atomic E-state index is 13.0. The van der Waals surface area contributed by atoms with Crippen molar-refractivity contribution in [3.8, 4) is 0 Å². The molecule has 0 aliphatic carbocycles. The van der Waals surface area contributed by atoms with E-state index in [0.29, 0.717) is 6.07 Å². The summed E-state index contributed by atoms with van der Waals surface area (Å²) in [7, 11) is 0. The SMILES string of the molecule is O=C(O)C[C@H](O)c1ccc(F)c(F)c1F. The normalized spacial score (nSPS) is 12.5. The van der Waals surface area contributed by atoms with Crippen LogP contribution in [-0.2, 0) is 4.79 Å². The van der Waals surface area contributed by atoms with Crippen molar-refractivity contribution in [2.24, 2.45) is 0 Å². The van der Waals surface area contributed by atoms with Crippen LogP contribution in [0.4, 0.5) is 13.2 Å². The van der Waals surface area contributed by atoms with E-state index in [2.05, 4.69) is 0 Å². The van der Waals surface area contributed by atoms with Gasteiger partial charge in [0.2, 0.25) is 0 Å². The Kier molecular flexibility index (Phi) is 3.31. The minimum atomic E-state index is -1.73. The summed E-state index contributed by atoms with van der Waals surface area (Å²) < 4.78 is 38.1. The van der Waals surface area contributed by atoms with Crippen LogP contribution in [0.25, 0.3) is 0 Å². The topological polar surface area (TPSA) is 57.5 Å². The fraction of sp³-hybridized carbons (Fsp3) is 0.222. The molecule has 0 aliphatic heterocycles. The van der Waals surface area contributed by atoms with Crippen molar-refractivity contribution >= 4 is 5.97 Å². The van der Waals surface area contributed by atoms with Crippen molar-refractivity contribution in [3.05, 3.63) is 35.1 Å². The Morgan fingerprint density at radius 3 is 2.40 bits per heavy atom. The number of aliphatic hydroxyl groups excluding tert-OH is 1. The molecule has 1 aromatic carbocycles. The molecule has 3 nitrogen and oxygen atoms in total. The second kappa shape index (κ2) is 4.31. The van der Waals surface area contributed by atoms with E-state index < -0.39 is 41.5 Å². The van der Waals surface area contributed by atoms with Crippen LogP contribution in [0.2, 0.25) is 0 Å². The zero-order valence-electron chi connectivity index (χ0n) is 7.38. The molecule has 0 heterocycles. The van der Waals surface area contributed by atoms with Gasteiger partial charge in [-0.1, -0.05) is 6.07 Å². The first-order valence-corrected chi connectivity index (χ1v) is 3.96. The predicted octanol–water partition coefficient (Wildman–Crippen LogP) is 1.61. The summed E-state index contributed by atoms with van der Waals surface area (Å²) in [5, 5.41) is 17.5. The summed E-state index contributed by atoms with van der Waals surface area (Å²) >= 11 is 0. The molecule has 0 aliphatic rings. The van der Waals surface area contributed by atoms with Crippen LogP contribution in [0.1, 0.15) is 18.1 Å². The lowest BCUT2D eigenvalue weighted by Gasteiger charge is -2.09. The smallest absolute Gasteiger partial charge is 0.306 e. The first-order chi connectivity index (χ1) is 6.93. The lowest BCUT2D eigenvalue weighted by Crippen LogP contribution is -2.09. The fourth-order valence-corrected chi connectivity index (χ4v) is 1.07. The van der Waals surface area contributed by atoms with E-state index in [1.165, 1.54) is 0 Å². The van der Waals surface area contributed by atoms with Crippen LogP contribution >= 0.6 is 0 Å². The van der Waals surface area contributed by atoms with Gasteiger partial charge in [0.15, 0.2) is 17.5 Å². The van der Waals surface area contributed by atoms with Crippen molar-refractivity contribution in [3.63, 3.8) is 0 Å². The number of hydrogen-bond acceptors (Lipinski definition) is 2. The van der Waals surface area contributed by atoms with Crippen molar-refractivity contribution in [2.75, 3.05) is 0 Å². The fourth-order valence-electron chi connectivity index (χ4n) is 1.07. The molecular weight excluding hydrogens is 213 g/mol. The standard InChI is InChI=1S/C9H7F3O3/c10-5-2-1-4(8(11)9(5)12)6(13)3-7(14)15/h1-2,6,13H,3H2,(H,14,15)/t6-/m0/s1. The molecule has 2 N–H and O–H groups in total. The molecule has 1 rings (SSSR count). The van der Waals surface area contributed by atoms with Crippen LogP contribution in [0, 0.1) is 17.5 Å². The number of carboxylic acid groups (broad SMARTS) is 1. The molecular formula is C9H7F3O3. The van der Waals surface area contributed by atoms with Crippen LogP contribution in [0.3, 0.4) is 0 Å². The van der Waals surface area contributed by atoms with Gasteiger partial charge >= 0.3 is 5.97 Å². The number of aliphatic carboxylic acids is 1. The van der Waals surface area contributed by atoms with Crippen molar-refractivity contribution in [2.45, 2.75) is 12.5 Å². The number of aliphatic hydroxyl groups is 1. The predicted molar refractivity (Wildman–Crippen MR) is 43.5 cm³/mol. The molecule has 0 unspecified atom stereocenters. The second-order valence-electron chi connectivity index (χ2n) is 2.88. The van der Waals surface area contributed by atoms with Gasteiger partial charge in [0.1, 0.15) is 0 Å². The lowest BCUT2D eigenvalue weighted by molar-refractivity contribution is -0.139. The molecule has 6 heteroatoms. The van der Waals surface area contributed by atoms with Crippen LogP contribution < -0.4 is 0 Å². The number of hydrogen-bond donors (Lipinski definition) is 2. The highest BCUT2D eigenvalue weighted by molar-refractivity contribution is 5.67. The van der Waals surface area contributed by atoms with Gasteiger partial charge in [-0.15, -0.1) is 0 Å². The summed E-state index contributed by atoms with van der Waals surface area (Å²) in [5.41, 5.74) is -0.573. The highest BCUT2D eigenvalue weighted by atomic mass is 19.2. The van der Waals surface area contributed by atoms with E-state index in [0.717, 1.165) is 6.07 Å². The number of carboxylic acids is 1. The zero-order valence-corrected chi connectivity index (χ0v) is 7.38. The van der Waals surface area contributed by atoms with Gasteiger partial charge in [-0.2, -0.15) is 0 Å². The first-order valence-electron chi connectivity index (χ1n) is 3.96. The molecule has 0 fully saturated rings. The van der Waals surface area contributed by atoms with Crippen LogP contribution in [0.5, 0.6) is 0 Å². The molecule has 0 radical (unpaired) electrons. The number of halogens is 3. The van der Waals surface area contributed by atoms with Gasteiger partial charge in [-0.25, -0.2) is 13.2 Å². The lowest BCUT2D eigenvalue weighted by atomic mass is 10.1. The Bertz CT molecular complexity index is 392. The maximum absolute atomic E-state index is 13.0. The minimum Gasteiger partial charge on any atom is -0.481 e. The largest absolute Gasteiger partial charge is 0.481 e. The molecule has 1 atom stereocenters. The summed E-state index contributed by atoms with van der Waals surface area (Å²) in [6.07, 6.45) is -2.47. The van der Waals surface area contributed by atoms with Gasteiger partial charge in [0.25, 0.3) is 0 Å². The van der Waals surface area contributed by atoms with E-state index in [-0.39, 0.29) is 0 Å². The molecule has 82 valence electrons.